The topological polar surface area (TPSA) is 58.8 Å². The first-order valence-electron chi connectivity index (χ1n) is 8.84. The largest absolute Gasteiger partial charge is 0.431 e. The fourth-order valence-electron chi connectivity index (χ4n) is 2.59. The van der Waals surface area contributed by atoms with E-state index in [2.05, 4.69) is 13.8 Å². The van der Waals surface area contributed by atoms with Crippen LogP contribution in [0.15, 0.2) is 0 Å². The second kappa shape index (κ2) is 13.5. The van der Waals surface area contributed by atoms with Gasteiger partial charge in [0.1, 0.15) is 0 Å². The number of hydrogen-bond acceptors (Lipinski definition) is 2. The van der Waals surface area contributed by atoms with E-state index < -0.39 is 10.3 Å². The van der Waals surface area contributed by atoms with Gasteiger partial charge in [-0.15, -0.1) is 8.42 Å². The number of nitrogens with one attached hydrogen (secondary N) is 1. The molecule has 0 heterocycles. The first kappa shape index (κ1) is 20.9. The Labute approximate surface area is 132 Å². The molecule has 0 rings (SSSR count). The summed E-state index contributed by atoms with van der Waals surface area (Å²) in [7, 11) is -3.94. The highest BCUT2D eigenvalue weighted by molar-refractivity contribution is 7.79. The van der Waals surface area contributed by atoms with Crippen LogP contribution in [0.3, 0.4) is 0 Å². The van der Waals surface area contributed by atoms with Crippen molar-refractivity contribution < 1.29 is 17.3 Å². The van der Waals surface area contributed by atoms with E-state index in [0.29, 0.717) is 17.4 Å². The highest BCUT2D eigenvalue weighted by atomic mass is 32.2. The monoisotopic (exact) mass is 322 g/mol. The first-order valence-corrected chi connectivity index (χ1v) is 10.3. The summed E-state index contributed by atoms with van der Waals surface area (Å²) in [4.78, 5) is 0. The lowest BCUT2D eigenvalue weighted by atomic mass is 10.1. The van der Waals surface area contributed by atoms with E-state index in [0.717, 1.165) is 25.7 Å². The molecule has 0 fully saturated rings. The van der Waals surface area contributed by atoms with E-state index in [9.17, 15) is 13.0 Å². The van der Waals surface area contributed by atoms with E-state index in [1.165, 1.54) is 51.4 Å². The molecule has 0 aromatic rings. The molecule has 0 saturated heterocycles. The van der Waals surface area contributed by atoms with Crippen molar-refractivity contribution in [2.75, 3.05) is 13.1 Å². The van der Waals surface area contributed by atoms with Gasteiger partial charge in [0.15, 0.2) is 0 Å². The van der Waals surface area contributed by atoms with Gasteiger partial charge in [0.2, 0.25) is 0 Å². The van der Waals surface area contributed by atoms with Crippen LogP contribution in [0, 0.1) is 0 Å². The maximum atomic E-state index is 11.4. The molecule has 0 aromatic heterocycles. The van der Waals surface area contributed by atoms with Gasteiger partial charge in [0.25, 0.3) is 0 Å². The van der Waals surface area contributed by atoms with Crippen molar-refractivity contribution in [3.63, 3.8) is 0 Å². The van der Waals surface area contributed by atoms with Gasteiger partial charge >= 0.3 is 10.3 Å². The van der Waals surface area contributed by atoms with E-state index in [4.69, 9.17) is 0 Å². The van der Waals surface area contributed by atoms with Gasteiger partial charge in [-0.25, -0.2) is 8.86 Å². The summed E-state index contributed by atoms with van der Waals surface area (Å²) in [6.07, 6.45) is 13.7. The van der Waals surface area contributed by atoms with Crippen LogP contribution in [0.2, 0.25) is 0 Å². The summed E-state index contributed by atoms with van der Waals surface area (Å²) in [5.41, 5.74) is 0. The highest BCUT2D eigenvalue weighted by Gasteiger charge is 2.21. The Balaban J connectivity index is 3.79. The Morgan fingerprint density at radius 1 is 0.667 bits per heavy atom. The Kier molecular flexibility index (Phi) is 13.4. The third-order valence-corrected chi connectivity index (χ3v) is 5.12. The van der Waals surface area contributed by atoms with Crippen LogP contribution in [-0.2, 0) is 10.3 Å². The quantitative estimate of drug-likeness (QED) is 0.359. The lowest BCUT2D eigenvalue weighted by Gasteiger charge is -2.15. The van der Waals surface area contributed by atoms with Crippen molar-refractivity contribution in [3.05, 3.63) is 0 Å². The van der Waals surface area contributed by atoms with Crippen molar-refractivity contribution in [1.82, 2.24) is 0 Å². The summed E-state index contributed by atoms with van der Waals surface area (Å²) >= 11 is 0. The molecule has 4 nitrogen and oxygen atoms in total. The zero-order chi connectivity index (χ0) is 16.0. The second-order valence-electron chi connectivity index (χ2n) is 6.05. The van der Waals surface area contributed by atoms with E-state index >= 15 is 0 Å². The van der Waals surface area contributed by atoms with Gasteiger partial charge in [-0.2, -0.15) is 0 Å². The summed E-state index contributed by atoms with van der Waals surface area (Å²) in [6.45, 7) is 5.45. The Bertz CT molecular complexity index is 301. The average Bonchev–Trinajstić information content (AvgIpc) is 2.42. The summed E-state index contributed by atoms with van der Waals surface area (Å²) in [5, 5.41) is 0. The van der Waals surface area contributed by atoms with E-state index in [1.807, 2.05) is 0 Å². The molecule has 0 aliphatic carbocycles. The summed E-state index contributed by atoms with van der Waals surface area (Å²) in [5.74, 6) is 0. The van der Waals surface area contributed by atoms with Crippen LogP contribution >= 0.6 is 0 Å². The minimum atomic E-state index is -3.94. The van der Waals surface area contributed by atoms with Crippen molar-refractivity contribution >= 4 is 10.3 Å². The maximum Gasteiger partial charge on any atom is 0.431 e. The molecule has 5 heteroatoms. The van der Waals surface area contributed by atoms with Gasteiger partial charge < -0.3 is 0 Å². The summed E-state index contributed by atoms with van der Waals surface area (Å²) in [6, 6.07) is 0. The van der Waals surface area contributed by atoms with E-state index in [1.54, 1.807) is 0 Å². The predicted molar refractivity (Wildman–Crippen MR) is 89.0 cm³/mol. The lowest BCUT2D eigenvalue weighted by molar-refractivity contribution is -0.773. The fraction of sp³-hybridized carbons (Fsp3) is 1.00. The molecule has 0 amide bonds. The maximum absolute atomic E-state index is 11.4. The normalized spacial score (nSPS) is 12.2. The van der Waals surface area contributed by atoms with Crippen LogP contribution in [-0.4, -0.2) is 26.1 Å². The van der Waals surface area contributed by atoms with Gasteiger partial charge in [0, 0.05) is 0 Å². The number of quaternary nitrogens is 1. The molecule has 21 heavy (non-hydrogen) atoms. The molecule has 0 radical (unpaired) electrons. The number of hydrogen-bond donors (Lipinski definition) is 2. The Hall–Kier alpha value is -0.130. The summed E-state index contributed by atoms with van der Waals surface area (Å²) < 4.78 is 32.4. The number of rotatable bonds is 15. The smallest absolute Gasteiger partial charge is 0.241 e. The van der Waals surface area contributed by atoms with Crippen LogP contribution in [0.1, 0.15) is 90.9 Å². The SMILES string of the molecule is CCCCCCCC[NH+](CCCCCCCC)S(=O)(=O)O. The molecule has 0 spiro atoms. The lowest BCUT2D eigenvalue weighted by Crippen LogP contribution is -3.13. The zero-order valence-electron chi connectivity index (χ0n) is 14.1. The molecule has 0 aromatic carbocycles. The van der Waals surface area contributed by atoms with Crippen molar-refractivity contribution in [2.24, 2.45) is 0 Å². The third kappa shape index (κ3) is 13.3. The average molecular weight is 323 g/mol. The van der Waals surface area contributed by atoms with Crippen molar-refractivity contribution in [2.45, 2.75) is 90.9 Å². The molecule has 0 atom stereocenters. The Morgan fingerprint density at radius 3 is 1.33 bits per heavy atom. The van der Waals surface area contributed by atoms with Crippen LogP contribution < -0.4 is 4.31 Å². The highest BCUT2D eigenvalue weighted by Crippen LogP contribution is 2.05. The van der Waals surface area contributed by atoms with Gasteiger partial charge in [0.05, 0.1) is 13.1 Å². The molecular formula is C16H36NO3S+. The third-order valence-electron chi connectivity index (χ3n) is 3.98. The van der Waals surface area contributed by atoms with E-state index in [-0.39, 0.29) is 0 Å². The standard InChI is InChI=1S/C16H35NO3S/c1-3-5-7-9-11-13-15-17(21(18,19)20)16-14-12-10-8-6-4-2/h3-16H2,1-2H3,(H,18,19,20)/p+1. The predicted octanol–water partition coefficient (Wildman–Crippen LogP) is 3.40. The minimum Gasteiger partial charge on any atom is -0.241 e. The van der Waals surface area contributed by atoms with Gasteiger partial charge in [-0.1, -0.05) is 65.2 Å². The van der Waals surface area contributed by atoms with Crippen LogP contribution in [0.25, 0.3) is 0 Å². The minimum absolute atomic E-state index is 0.355. The molecule has 2 N–H and O–H groups in total. The van der Waals surface area contributed by atoms with Gasteiger partial charge in [-0.3, -0.25) is 0 Å². The van der Waals surface area contributed by atoms with Crippen LogP contribution in [0.4, 0.5) is 0 Å². The molecule has 128 valence electrons. The second-order valence-corrected chi connectivity index (χ2v) is 7.58. The first-order chi connectivity index (χ1) is 10.0. The van der Waals surface area contributed by atoms with Crippen molar-refractivity contribution in [1.29, 1.82) is 0 Å². The molecular weight excluding hydrogens is 286 g/mol. The Morgan fingerprint density at radius 2 is 1.00 bits per heavy atom. The van der Waals surface area contributed by atoms with Crippen molar-refractivity contribution in [3.8, 4) is 0 Å². The fourth-order valence-corrected chi connectivity index (χ4v) is 3.39. The molecule has 0 bridgehead atoms. The molecule has 0 aliphatic rings. The van der Waals surface area contributed by atoms with Crippen LogP contribution in [0.5, 0.6) is 0 Å². The molecule has 0 unspecified atom stereocenters. The zero-order valence-corrected chi connectivity index (χ0v) is 14.9. The number of unbranched alkanes of at least 4 members (excludes halogenated alkanes) is 10. The molecule has 0 saturated carbocycles. The van der Waals surface area contributed by atoms with Gasteiger partial charge in [-0.05, 0) is 25.7 Å². The molecule has 0 aliphatic heterocycles.